The average Bonchev–Trinajstić information content (AvgIpc) is 2.09. The Bertz CT molecular complexity index is 315. The largest absolute Gasteiger partial charge is 0.479 e. The third kappa shape index (κ3) is 1.74. The van der Waals surface area contributed by atoms with Crippen molar-refractivity contribution < 1.29 is 17.9 Å². The van der Waals surface area contributed by atoms with Crippen molar-refractivity contribution in [2.24, 2.45) is 0 Å². The summed E-state index contributed by atoms with van der Waals surface area (Å²) in [5, 5.41) is 0. The van der Waals surface area contributed by atoms with Crippen molar-refractivity contribution in [3.8, 4) is 5.88 Å². The Kier molecular flexibility index (Phi) is 2.75. The fourth-order valence-corrected chi connectivity index (χ4v) is 0.931. The fraction of sp³-hybridized carbons (Fsp3) is 0.375. The number of alkyl halides is 2. The van der Waals surface area contributed by atoms with Gasteiger partial charge < -0.3 is 4.74 Å². The molecule has 5 heteroatoms. The standard InChI is InChI=1S/C8H8F3NO/c1-4-5(7(10)11)3-12-8(13-2)6(4)9/h3,7H,1-2H3. The molecule has 1 heterocycles. The summed E-state index contributed by atoms with van der Waals surface area (Å²) in [4.78, 5) is 3.40. The quantitative estimate of drug-likeness (QED) is 0.716. The number of halogens is 3. The summed E-state index contributed by atoms with van der Waals surface area (Å²) in [6.07, 6.45) is -1.80. The number of nitrogens with zero attached hydrogens (tertiary/aromatic N) is 1. The third-order valence-electron chi connectivity index (χ3n) is 1.70. The number of hydrogen-bond donors (Lipinski definition) is 0. The van der Waals surface area contributed by atoms with Gasteiger partial charge in [0, 0.05) is 17.3 Å². The second-order valence-corrected chi connectivity index (χ2v) is 2.46. The van der Waals surface area contributed by atoms with E-state index in [0.717, 1.165) is 6.20 Å². The molecule has 1 aromatic heterocycles. The minimum absolute atomic E-state index is 0.123. The lowest BCUT2D eigenvalue weighted by Gasteiger charge is -2.07. The molecule has 0 saturated heterocycles. The lowest BCUT2D eigenvalue weighted by Crippen LogP contribution is -1.99. The molecule has 0 saturated carbocycles. The molecule has 0 radical (unpaired) electrons. The van der Waals surface area contributed by atoms with E-state index in [2.05, 4.69) is 9.72 Å². The van der Waals surface area contributed by atoms with E-state index in [1.807, 2.05) is 0 Å². The van der Waals surface area contributed by atoms with E-state index in [9.17, 15) is 13.2 Å². The molecule has 0 aliphatic rings. The van der Waals surface area contributed by atoms with Gasteiger partial charge in [0.25, 0.3) is 6.43 Å². The van der Waals surface area contributed by atoms with Crippen LogP contribution in [0.3, 0.4) is 0 Å². The Morgan fingerprint density at radius 1 is 1.46 bits per heavy atom. The van der Waals surface area contributed by atoms with Gasteiger partial charge in [-0.3, -0.25) is 0 Å². The summed E-state index contributed by atoms with van der Waals surface area (Å²) in [5.41, 5.74) is -0.528. The second kappa shape index (κ2) is 3.64. The van der Waals surface area contributed by atoms with Crippen molar-refractivity contribution in [3.05, 3.63) is 23.1 Å². The Hall–Kier alpha value is -1.26. The van der Waals surface area contributed by atoms with E-state index in [-0.39, 0.29) is 11.4 Å². The van der Waals surface area contributed by atoms with Gasteiger partial charge >= 0.3 is 0 Å². The zero-order chi connectivity index (χ0) is 10.0. The van der Waals surface area contributed by atoms with Gasteiger partial charge in [-0.25, -0.2) is 18.2 Å². The van der Waals surface area contributed by atoms with Crippen LogP contribution < -0.4 is 4.74 Å². The number of pyridine rings is 1. The summed E-state index contributed by atoms with van der Waals surface area (Å²) in [5.74, 6) is -1.10. The molecule has 0 spiro atoms. The van der Waals surface area contributed by atoms with Crippen molar-refractivity contribution in [2.45, 2.75) is 13.3 Å². The van der Waals surface area contributed by atoms with Crippen molar-refractivity contribution >= 4 is 0 Å². The number of ether oxygens (including phenoxy) is 1. The number of hydrogen-bond acceptors (Lipinski definition) is 2. The van der Waals surface area contributed by atoms with Crippen LogP contribution in [0.2, 0.25) is 0 Å². The van der Waals surface area contributed by atoms with Crippen LogP contribution in [0.25, 0.3) is 0 Å². The summed E-state index contributed by atoms with van der Waals surface area (Å²) in [6.45, 7) is 1.26. The molecule has 72 valence electrons. The predicted octanol–water partition coefficient (Wildman–Crippen LogP) is 2.48. The minimum atomic E-state index is -2.71. The number of aromatic nitrogens is 1. The average molecular weight is 191 g/mol. The summed E-state index contributed by atoms with van der Waals surface area (Å²) < 4.78 is 42.0. The van der Waals surface area contributed by atoms with E-state index in [0.29, 0.717) is 0 Å². The molecule has 13 heavy (non-hydrogen) atoms. The van der Waals surface area contributed by atoms with Crippen LogP contribution in [0, 0.1) is 12.7 Å². The van der Waals surface area contributed by atoms with Crippen LogP contribution in [-0.4, -0.2) is 12.1 Å². The van der Waals surface area contributed by atoms with Crippen molar-refractivity contribution in [3.63, 3.8) is 0 Å². The van der Waals surface area contributed by atoms with Gasteiger partial charge in [-0.05, 0) is 6.92 Å². The topological polar surface area (TPSA) is 22.1 Å². The summed E-state index contributed by atoms with van der Waals surface area (Å²) in [6, 6.07) is 0. The molecule has 0 aliphatic heterocycles. The van der Waals surface area contributed by atoms with Crippen LogP contribution in [0.1, 0.15) is 17.6 Å². The maximum atomic E-state index is 13.1. The van der Waals surface area contributed by atoms with E-state index >= 15 is 0 Å². The third-order valence-corrected chi connectivity index (χ3v) is 1.70. The zero-order valence-corrected chi connectivity index (χ0v) is 7.14. The molecule has 0 unspecified atom stereocenters. The van der Waals surface area contributed by atoms with E-state index in [1.165, 1.54) is 14.0 Å². The van der Waals surface area contributed by atoms with Crippen LogP contribution in [0.5, 0.6) is 5.88 Å². The minimum Gasteiger partial charge on any atom is -0.479 e. The molecule has 1 rings (SSSR count). The van der Waals surface area contributed by atoms with Crippen molar-refractivity contribution in [1.82, 2.24) is 4.98 Å². The van der Waals surface area contributed by atoms with Crippen LogP contribution in [-0.2, 0) is 0 Å². The van der Waals surface area contributed by atoms with Gasteiger partial charge in [0.2, 0.25) is 5.88 Å². The Morgan fingerprint density at radius 3 is 2.54 bits per heavy atom. The molecule has 0 aliphatic carbocycles. The first kappa shape index (κ1) is 9.83. The first-order valence-corrected chi connectivity index (χ1v) is 3.55. The van der Waals surface area contributed by atoms with Gasteiger partial charge in [-0.1, -0.05) is 0 Å². The molecule has 1 aromatic rings. The molecule has 2 nitrogen and oxygen atoms in total. The fourth-order valence-electron chi connectivity index (χ4n) is 0.931. The second-order valence-electron chi connectivity index (χ2n) is 2.46. The predicted molar refractivity (Wildman–Crippen MR) is 40.4 cm³/mol. The van der Waals surface area contributed by atoms with Gasteiger partial charge in [0.15, 0.2) is 5.82 Å². The lowest BCUT2D eigenvalue weighted by atomic mass is 10.1. The Balaban J connectivity index is 3.23. The molecule has 0 fully saturated rings. The zero-order valence-electron chi connectivity index (χ0n) is 7.14. The molecule has 0 amide bonds. The van der Waals surface area contributed by atoms with Crippen molar-refractivity contribution in [1.29, 1.82) is 0 Å². The highest BCUT2D eigenvalue weighted by Crippen LogP contribution is 2.27. The van der Waals surface area contributed by atoms with Crippen LogP contribution in [0.15, 0.2) is 6.20 Å². The van der Waals surface area contributed by atoms with Gasteiger partial charge in [-0.15, -0.1) is 0 Å². The first-order valence-electron chi connectivity index (χ1n) is 3.55. The lowest BCUT2D eigenvalue weighted by molar-refractivity contribution is 0.149. The first-order chi connectivity index (χ1) is 6.07. The molecular weight excluding hydrogens is 183 g/mol. The Labute approximate surface area is 73.4 Å². The molecule has 0 aromatic carbocycles. The number of methoxy groups -OCH3 is 1. The molecule has 0 atom stereocenters. The number of rotatable bonds is 2. The summed E-state index contributed by atoms with van der Waals surface area (Å²) >= 11 is 0. The molecule has 0 N–H and O–H groups in total. The van der Waals surface area contributed by atoms with Crippen molar-refractivity contribution in [2.75, 3.05) is 7.11 Å². The van der Waals surface area contributed by atoms with Gasteiger partial charge in [0.1, 0.15) is 0 Å². The SMILES string of the molecule is COc1ncc(C(F)F)c(C)c1F. The molecule has 0 bridgehead atoms. The normalized spacial score (nSPS) is 10.6. The monoisotopic (exact) mass is 191 g/mol. The highest BCUT2D eigenvalue weighted by molar-refractivity contribution is 5.30. The van der Waals surface area contributed by atoms with E-state index in [1.54, 1.807) is 0 Å². The van der Waals surface area contributed by atoms with Crippen LogP contribution >= 0.6 is 0 Å². The van der Waals surface area contributed by atoms with E-state index < -0.39 is 17.8 Å². The van der Waals surface area contributed by atoms with E-state index in [4.69, 9.17) is 0 Å². The maximum absolute atomic E-state index is 13.1. The molecular formula is C8H8F3NO. The van der Waals surface area contributed by atoms with Gasteiger partial charge in [-0.2, -0.15) is 0 Å². The Morgan fingerprint density at radius 2 is 2.08 bits per heavy atom. The highest BCUT2D eigenvalue weighted by atomic mass is 19.3. The smallest absolute Gasteiger partial charge is 0.265 e. The highest BCUT2D eigenvalue weighted by Gasteiger charge is 2.17. The van der Waals surface area contributed by atoms with Crippen LogP contribution in [0.4, 0.5) is 13.2 Å². The summed E-state index contributed by atoms with van der Waals surface area (Å²) in [7, 11) is 1.23. The maximum Gasteiger partial charge on any atom is 0.265 e. The van der Waals surface area contributed by atoms with Gasteiger partial charge in [0.05, 0.1) is 7.11 Å².